The van der Waals surface area contributed by atoms with E-state index in [4.69, 9.17) is 4.98 Å². The largest absolute Gasteiger partial charge is 0.325 e. The predicted molar refractivity (Wildman–Crippen MR) is 127 cm³/mol. The summed E-state index contributed by atoms with van der Waals surface area (Å²) in [5.74, 6) is 1.32. The first-order chi connectivity index (χ1) is 15.2. The minimum Gasteiger partial charge on any atom is -0.325 e. The summed E-state index contributed by atoms with van der Waals surface area (Å²) < 4.78 is 3.36. The first-order valence-electron chi connectivity index (χ1n) is 10.5. The van der Waals surface area contributed by atoms with E-state index in [9.17, 15) is 4.79 Å². The molecule has 1 N–H and O–H groups in total. The molecule has 0 unspecified atom stereocenters. The van der Waals surface area contributed by atoms with E-state index in [0.29, 0.717) is 5.75 Å². The Bertz CT molecular complexity index is 1230. The lowest BCUT2D eigenvalue weighted by Gasteiger charge is -2.07. The summed E-state index contributed by atoms with van der Waals surface area (Å²) >= 11 is 3.14. The number of thioether (sulfide) groups is 1. The Morgan fingerprint density at radius 1 is 1.13 bits per heavy atom. The topological polar surface area (TPSA) is 72.7 Å². The molecule has 31 heavy (non-hydrogen) atoms. The third-order valence-electron chi connectivity index (χ3n) is 5.37. The van der Waals surface area contributed by atoms with Crippen molar-refractivity contribution < 1.29 is 4.79 Å². The van der Waals surface area contributed by atoms with Crippen molar-refractivity contribution in [1.82, 2.24) is 19.7 Å². The van der Waals surface area contributed by atoms with Crippen molar-refractivity contribution in [2.75, 3.05) is 11.1 Å². The van der Waals surface area contributed by atoms with Gasteiger partial charge in [-0.2, -0.15) is 0 Å². The monoisotopic (exact) mass is 449 g/mol. The zero-order chi connectivity index (χ0) is 21.2. The smallest absolute Gasteiger partial charge is 0.234 e. The van der Waals surface area contributed by atoms with Crippen molar-refractivity contribution in [2.45, 2.75) is 44.3 Å². The Kier molecular flexibility index (Phi) is 5.74. The molecule has 0 fully saturated rings. The summed E-state index contributed by atoms with van der Waals surface area (Å²) in [6.45, 7) is 3.03. The number of benzene rings is 2. The van der Waals surface area contributed by atoms with E-state index < -0.39 is 0 Å². The summed E-state index contributed by atoms with van der Waals surface area (Å²) in [7, 11) is 0. The lowest BCUT2D eigenvalue weighted by molar-refractivity contribution is -0.113. The summed E-state index contributed by atoms with van der Waals surface area (Å²) in [6, 6.07) is 14.2. The molecular weight excluding hydrogens is 426 g/mol. The number of anilines is 1. The van der Waals surface area contributed by atoms with Gasteiger partial charge in [-0.1, -0.05) is 24.2 Å². The number of nitrogens with one attached hydrogen (secondary N) is 1. The second-order valence-electron chi connectivity index (χ2n) is 7.77. The Balaban J connectivity index is 1.21. The van der Waals surface area contributed by atoms with E-state index in [1.807, 2.05) is 24.3 Å². The van der Waals surface area contributed by atoms with Crippen molar-refractivity contribution in [3.63, 3.8) is 0 Å². The van der Waals surface area contributed by atoms with Gasteiger partial charge in [0.2, 0.25) is 5.91 Å². The van der Waals surface area contributed by atoms with Gasteiger partial charge < -0.3 is 9.88 Å². The van der Waals surface area contributed by atoms with Crippen LogP contribution in [0, 0.1) is 6.92 Å². The van der Waals surface area contributed by atoms with Crippen LogP contribution >= 0.6 is 23.1 Å². The maximum Gasteiger partial charge on any atom is 0.234 e. The molecule has 0 bridgehead atoms. The number of hydrogen-bond acceptors (Lipinski definition) is 6. The molecule has 0 saturated heterocycles. The van der Waals surface area contributed by atoms with Crippen molar-refractivity contribution in [3.8, 4) is 10.6 Å². The van der Waals surface area contributed by atoms with Gasteiger partial charge >= 0.3 is 0 Å². The number of aromatic nitrogens is 4. The van der Waals surface area contributed by atoms with E-state index in [-0.39, 0.29) is 5.91 Å². The van der Waals surface area contributed by atoms with E-state index >= 15 is 0 Å². The van der Waals surface area contributed by atoms with Gasteiger partial charge in [0, 0.05) is 24.2 Å². The third kappa shape index (κ3) is 4.50. The Labute approximate surface area is 189 Å². The molecule has 1 aliphatic rings. The molecule has 158 valence electrons. The van der Waals surface area contributed by atoms with Gasteiger partial charge in [-0.05, 0) is 61.7 Å². The number of carbonyl (C=O) groups excluding carboxylic acids is 1. The number of rotatable bonds is 5. The fourth-order valence-electron chi connectivity index (χ4n) is 3.74. The van der Waals surface area contributed by atoms with Crippen molar-refractivity contribution >= 4 is 44.9 Å². The van der Waals surface area contributed by atoms with Crippen LogP contribution in [0.5, 0.6) is 0 Å². The summed E-state index contributed by atoms with van der Waals surface area (Å²) in [4.78, 5) is 17.2. The molecule has 0 saturated carbocycles. The average Bonchev–Trinajstić information content (AvgIpc) is 3.28. The molecule has 2 aromatic carbocycles. The number of thiazole rings is 1. The van der Waals surface area contributed by atoms with Gasteiger partial charge in [-0.15, -0.1) is 21.5 Å². The molecule has 5 rings (SSSR count). The molecule has 0 atom stereocenters. The van der Waals surface area contributed by atoms with E-state index in [1.54, 1.807) is 11.3 Å². The number of aryl methyl sites for hydroxylation is 2. The molecule has 6 nitrogen and oxygen atoms in total. The molecule has 2 aromatic heterocycles. The molecule has 1 aliphatic heterocycles. The third-order valence-corrected chi connectivity index (χ3v) is 7.40. The van der Waals surface area contributed by atoms with Crippen LogP contribution in [0.1, 0.15) is 30.7 Å². The van der Waals surface area contributed by atoms with Crippen LogP contribution in [0.3, 0.4) is 0 Å². The minimum atomic E-state index is -0.0424. The highest BCUT2D eigenvalue weighted by molar-refractivity contribution is 7.99. The predicted octanol–water partition coefficient (Wildman–Crippen LogP) is 5.32. The Morgan fingerprint density at radius 2 is 2.00 bits per heavy atom. The number of amides is 1. The van der Waals surface area contributed by atoms with Crippen LogP contribution in [0.4, 0.5) is 5.69 Å². The second-order valence-corrected chi connectivity index (χ2v) is 9.74. The lowest BCUT2D eigenvalue weighted by atomic mass is 10.2. The summed E-state index contributed by atoms with van der Waals surface area (Å²) in [5.41, 5.74) is 4.09. The quantitative estimate of drug-likeness (QED) is 0.418. The van der Waals surface area contributed by atoms with Crippen LogP contribution in [-0.4, -0.2) is 31.4 Å². The van der Waals surface area contributed by atoms with Crippen molar-refractivity contribution in [2.24, 2.45) is 0 Å². The van der Waals surface area contributed by atoms with E-state index in [0.717, 1.165) is 58.6 Å². The number of hydrogen-bond donors (Lipinski definition) is 1. The summed E-state index contributed by atoms with van der Waals surface area (Å²) in [6.07, 6.45) is 4.50. The minimum absolute atomic E-state index is 0.0424. The molecule has 3 heterocycles. The highest BCUT2D eigenvalue weighted by Crippen LogP contribution is 2.31. The maximum absolute atomic E-state index is 12.4. The number of nitrogens with zero attached hydrogens (tertiary/aromatic N) is 4. The molecule has 1 amide bonds. The van der Waals surface area contributed by atoms with Gasteiger partial charge in [-0.3, -0.25) is 4.79 Å². The summed E-state index contributed by atoms with van der Waals surface area (Å²) in [5, 5.41) is 13.4. The lowest BCUT2D eigenvalue weighted by Crippen LogP contribution is -2.14. The molecule has 0 aliphatic carbocycles. The Hall–Kier alpha value is -2.71. The van der Waals surface area contributed by atoms with Crippen LogP contribution in [0.15, 0.2) is 47.6 Å². The molecule has 0 spiro atoms. The van der Waals surface area contributed by atoms with Crippen molar-refractivity contribution in [1.29, 1.82) is 0 Å². The first kappa shape index (κ1) is 20.2. The van der Waals surface area contributed by atoms with Gasteiger partial charge in [-0.25, -0.2) is 4.98 Å². The van der Waals surface area contributed by atoms with Gasteiger partial charge in [0.25, 0.3) is 0 Å². The normalized spacial score (nSPS) is 13.7. The van der Waals surface area contributed by atoms with Crippen molar-refractivity contribution in [3.05, 3.63) is 53.9 Å². The second kappa shape index (κ2) is 8.80. The Morgan fingerprint density at radius 3 is 2.87 bits per heavy atom. The van der Waals surface area contributed by atoms with E-state index in [1.165, 1.54) is 28.4 Å². The number of carbonyl (C=O) groups is 1. The van der Waals surface area contributed by atoms with Crippen LogP contribution in [0.2, 0.25) is 0 Å². The molecule has 0 radical (unpaired) electrons. The first-order valence-corrected chi connectivity index (χ1v) is 12.3. The fourth-order valence-corrected chi connectivity index (χ4v) is 5.60. The van der Waals surface area contributed by atoms with E-state index in [2.05, 4.69) is 45.2 Å². The van der Waals surface area contributed by atoms with Crippen LogP contribution in [-0.2, 0) is 17.8 Å². The maximum atomic E-state index is 12.4. The molecular formula is C23H23N5OS2. The molecule has 4 aromatic rings. The zero-order valence-electron chi connectivity index (χ0n) is 17.3. The van der Waals surface area contributed by atoms with Crippen LogP contribution < -0.4 is 5.32 Å². The number of fused-ring (bicyclic) bond motifs is 2. The van der Waals surface area contributed by atoms with Gasteiger partial charge in [0.05, 0.1) is 16.0 Å². The highest BCUT2D eigenvalue weighted by Gasteiger charge is 2.16. The van der Waals surface area contributed by atoms with Gasteiger partial charge in [0.15, 0.2) is 5.16 Å². The average molecular weight is 450 g/mol. The standard InChI is InChI=1S/C23H23N5OS2/c1-15-6-11-18-19(13-15)31-22(25-18)16-7-9-17(10-8-16)24-21(29)14-30-23-27-26-20-5-3-2-4-12-28(20)23/h6-11,13H,2-5,12,14H2,1H3,(H,24,29). The highest BCUT2D eigenvalue weighted by atomic mass is 32.2. The van der Waals surface area contributed by atoms with Crippen LogP contribution in [0.25, 0.3) is 20.8 Å². The fraction of sp³-hybridized carbons (Fsp3) is 0.304. The zero-order valence-corrected chi connectivity index (χ0v) is 18.9. The molecule has 8 heteroatoms. The van der Waals surface area contributed by atoms with Gasteiger partial charge in [0.1, 0.15) is 10.8 Å². The SMILES string of the molecule is Cc1ccc2nc(-c3ccc(NC(=O)CSc4nnc5n4CCCCC5)cc3)sc2c1.